The standard InChI is InChI=1S/C18H29F2N/c1-5-8-9-14(7-3)18(21-12-6-2)16-15(19)11-10-13(4)17(16)20/h10-11,14,18,21H,5-9,12H2,1-4H3. The fourth-order valence-corrected chi connectivity index (χ4v) is 2.84. The van der Waals surface area contributed by atoms with Gasteiger partial charge in [0.1, 0.15) is 11.6 Å². The van der Waals surface area contributed by atoms with Gasteiger partial charge in [-0.05, 0) is 43.9 Å². The van der Waals surface area contributed by atoms with Gasteiger partial charge in [0.15, 0.2) is 0 Å². The van der Waals surface area contributed by atoms with Crippen molar-refractivity contribution in [3.05, 3.63) is 34.9 Å². The summed E-state index contributed by atoms with van der Waals surface area (Å²) >= 11 is 0. The molecule has 21 heavy (non-hydrogen) atoms. The van der Waals surface area contributed by atoms with Gasteiger partial charge in [-0.15, -0.1) is 0 Å². The first-order valence-corrected chi connectivity index (χ1v) is 8.24. The molecule has 1 nitrogen and oxygen atoms in total. The molecular weight excluding hydrogens is 268 g/mol. The van der Waals surface area contributed by atoms with Crippen LogP contribution in [0.5, 0.6) is 0 Å². The number of aryl methyl sites for hydroxylation is 1. The molecule has 0 spiro atoms. The molecule has 1 aromatic carbocycles. The monoisotopic (exact) mass is 297 g/mol. The van der Waals surface area contributed by atoms with Gasteiger partial charge >= 0.3 is 0 Å². The van der Waals surface area contributed by atoms with Crippen molar-refractivity contribution in [1.29, 1.82) is 0 Å². The highest BCUT2D eigenvalue weighted by molar-refractivity contribution is 5.29. The van der Waals surface area contributed by atoms with E-state index in [1.807, 2.05) is 0 Å². The molecule has 0 fully saturated rings. The Morgan fingerprint density at radius 1 is 1.10 bits per heavy atom. The smallest absolute Gasteiger partial charge is 0.133 e. The maximum Gasteiger partial charge on any atom is 0.133 e. The zero-order valence-electron chi connectivity index (χ0n) is 13.8. The molecule has 0 aliphatic heterocycles. The van der Waals surface area contributed by atoms with Gasteiger partial charge in [0, 0.05) is 11.6 Å². The molecule has 0 saturated carbocycles. The van der Waals surface area contributed by atoms with Crippen LogP contribution in [-0.4, -0.2) is 6.54 Å². The van der Waals surface area contributed by atoms with Crippen LogP contribution in [0, 0.1) is 24.5 Å². The van der Waals surface area contributed by atoms with Crippen molar-refractivity contribution in [2.75, 3.05) is 6.54 Å². The quantitative estimate of drug-likeness (QED) is 0.632. The van der Waals surface area contributed by atoms with Crippen molar-refractivity contribution in [1.82, 2.24) is 5.32 Å². The van der Waals surface area contributed by atoms with Gasteiger partial charge < -0.3 is 5.32 Å². The highest BCUT2D eigenvalue weighted by Gasteiger charge is 2.27. The van der Waals surface area contributed by atoms with Gasteiger partial charge in [0.2, 0.25) is 0 Å². The van der Waals surface area contributed by atoms with Gasteiger partial charge in [0.25, 0.3) is 0 Å². The Hall–Kier alpha value is -0.960. The lowest BCUT2D eigenvalue weighted by molar-refractivity contribution is 0.307. The molecule has 0 amide bonds. The molecule has 0 heterocycles. The van der Waals surface area contributed by atoms with Gasteiger partial charge in [-0.1, -0.05) is 46.1 Å². The van der Waals surface area contributed by atoms with Crippen molar-refractivity contribution in [3.8, 4) is 0 Å². The summed E-state index contributed by atoms with van der Waals surface area (Å²) in [5.41, 5.74) is 0.742. The first kappa shape index (κ1) is 18.1. The van der Waals surface area contributed by atoms with Gasteiger partial charge in [-0.25, -0.2) is 8.78 Å². The van der Waals surface area contributed by atoms with E-state index in [1.54, 1.807) is 6.92 Å². The number of hydrogen-bond donors (Lipinski definition) is 1. The lowest BCUT2D eigenvalue weighted by atomic mass is 9.85. The summed E-state index contributed by atoms with van der Waals surface area (Å²) in [5, 5.41) is 3.37. The molecule has 120 valence electrons. The third-order valence-electron chi connectivity index (χ3n) is 4.17. The van der Waals surface area contributed by atoms with Crippen molar-refractivity contribution in [2.45, 2.75) is 65.8 Å². The fourth-order valence-electron chi connectivity index (χ4n) is 2.84. The summed E-state index contributed by atoms with van der Waals surface area (Å²) in [6.45, 7) is 8.80. The first-order chi connectivity index (χ1) is 10.1. The average Bonchev–Trinajstić information content (AvgIpc) is 2.48. The van der Waals surface area contributed by atoms with Crippen molar-refractivity contribution in [2.24, 2.45) is 5.92 Å². The summed E-state index contributed by atoms with van der Waals surface area (Å²) in [5.74, 6) is -0.553. The molecule has 0 saturated heterocycles. The predicted octanol–water partition coefficient (Wildman–Crippen LogP) is 5.53. The SMILES string of the molecule is CCCCC(CC)C(NCCC)c1c(F)ccc(C)c1F. The van der Waals surface area contributed by atoms with Crippen molar-refractivity contribution in [3.63, 3.8) is 0 Å². The maximum absolute atomic E-state index is 14.5. The van der Waals surface area contributed by atoms with Gasteiger partial charge in [-0.2, -0.15) is 0 Å². The maximum atomic E-state index is 14.5. The van der Waals surface area contributed by atoms with E-state index in [9.17, 15) is 8.78 Å². The van der Waals surface area contributed by atoms with Crippen LogP contribution >= 0.6 is 0 Å². The topological polar surface area (TPSA) is 12.0 Å². The Morgan fingerprint density at radius 2 is 1.81 bits per heavy atom. The molecule has 0 radical (unpaired) electrons. The zero-order chi connectivity index (χ0) is 15.8. The van der Waals surface area contributed by atoms with Crippen molar-refractivity contribution < 1.29 is 8.78 Å². The molecule has 1 rings (SSSR count). The lowest BCUT2D eigenvalue weighted by Gasteiger charge is -2.29. The summed E-state index contributed by atoms with van der Waals surface area (Å²) in [7, 11) is 0. The third kappa shape index (κ3) is 4.77. The van der Waals surface area contributed by atoms with E-state index in [4.69, 9.17) is 0 Å². The molecule has 0 aliphatic rings. The summed E-state index contributed by atoms with van der Waals surface area (Å²) < 4.78 is 28.7. The van der Waals surface area contributed by atoms with E-state index in [0.717, 1.165) is 38.6 Å². The Bertz CT molecular complexity index is 431. The third-order valence-corrected chi connectivity index (χ3v) is 4.17. The van der Waals surface area contributed by atoms with Crippen LogP contribution in [0.25, 0.3) is 0 Å². The van der Waals surface area contributed by atoms with Crippen LogP contribution in [0.3, 0.4) is 0 Å². The van der Waals surface area contributed by atoms with E-state index >= 15 is 0 Å². The van der Waals surface area contributed by atoms with Crippen LogP contribution in [0.15, 0.2) is 12.1 Å². The second kappa shape index (κ2) is 9.14. The lowest BCUT2D eigenvalue weighted by Crippen LogP contribution is -2.31. The van der Waals surface area contributed by atoms with E-state index in [0.29, 0.717) is 5.56 Å². The van der Waals surface area contributed by atoms with Crippen LogP contribution in [0.1, 0.15) is 70.0 Å². The van der Waals surface area contributed by atoms with Crippen LogP contribution in [0.4, 0.5) is 8.78 Å². The minimum atomic E-state index is -0.429. The largest absolute Gasteiger partial charge is 0.310 e. The molecule has 2 unspecified atom stereocenters. The number of halogens is 2. The van der Waals surface area contributed by atoms with E-state index in [2.05, 4.69) is 26.1 Å². The summed E-state index contributed by atoms with van der Waals surface area (Å²) in [4.78, 5) is 0. The highest BCUT2D eigenvalue weighted by atomic mass is 19.1. The highest BCUT2D eigenvalue weighted by Crippen LogP contribution is 2.33. The number of rotatable bonds is 9. The van der Waals surface area contributed by atoms with Crippen LogP contribution in [0.2, 0.25) is 0 Å². The van der Waals surface area contributed by atoms with Gasteiger partial charge in [-0.3, -0.25) is 0 Å². The normalized spacial score (nSPS) is 14.2. The number of hydrogen-bond acceptors (Lipinski definition) is 1. The average molecular weight is 297 g/mol. The zero-order valence-corrected chi connectivity index (χ0v) is 13.8. The number of unbranched alkanes of at least 4 members (excludes halogenated alkanes) is 1. The number of nitrogens with one attached hydrogen (secondary N) is 1. The molecule has 0 aliphatic carbocycles. The Morgan fingerprint density at radius 3 is 2.38 bits per heavy atom. The molecule has 1 N–H and O–H groups in total. The predicted molar refractivity (Wildman–Crippen MR) is 85.4 cm³/mol. The summed E-state index contributed by atoms with van der Waals surface area (Å²) in [6.07, 6.45) is 5.08. The minimum absolute atomic E-state index is 0.228. The van der Waals surface area contributed by atoms with E-state index in [1.165, 1.54) is 12.1 Å². The summed E-state index contributed by atoms with van der Waals surface area (Å²) in [6, 6.07) is 2.67. The molecule has 2 atom stereocenters. The molecule has 3 heteroatoms. The second-order valence-electron chi connectivity index (χ2n) is 5.83. The Balaban J connectivity index is 3.14. The minimum Gasteiger partial charge on any atom is -0.310 e. The van der Waals surface area contributed by atoms with E-state index < -0.39 is 11.6 Å². The first-order valence-electron chi connectivity index (χ1n) is 8.24. The molecule has 1 aromatic rings. The second-order valence-corrected chi connectivity index (χ2v) is 5.83. The van der Waals surface area contributed by atoms with Crippen LogP contribution < -0.4 is 5.32 Å². The van der Waals surface area contributed by atoms with Crippen molar-refractivity contribution >= 4 is 0 Å². The Kier molecular flexibility index (Phi) is 7.87. The van der Waals surface area contributed by atoms with Crippen LogP contribution in [-0.2, 0) is 0 Å². The Labute approximate surface area is 128 Å². The molecular formula is C18H29F2N. The fraction of sp³-hybridized carbons (Fsp3) is 0.667. The molecule has 0 bridgehead atoms. The molecule has 0 aromatic heterocycles. The van der Waals surface area contributed by atoms with E-state index in [-0.39, 0.29) is 17.5 Å². The number of benzene rings is 1. The van der Waals surface area contributed by atoms with Gasteiger partial charge in [0.05, 0.1) is 0 Å².